The number of rotatable bonds is 12. The molecule has 12 nitrogen and oxygen atoms in total. The number of carbonyl (C=O) groups is 3. The highest BCUT2D eigenvalue weighted by Gasteiger charge is 2.37. The van der Waals surface area contributed by atoms with Gasteiger partial charge in [0, 0.05) is 135 Å². The van der Waals surface area contributed by atoms with Gasteiger partial charge in [-0.15, -0.1) is 11.5 Å². The lowest BCUT2D eigenvalue weighted by molar-refractivity contribution is -0.114. The first-order chi connectivity index (χ1) is 32.0. The lowest BCUT2D eigenvalue weighted by atomic mass is 9.79. The minimum absolute atomic E-state index is 0.127. The van der Waals surface area contributed by atoms with Gasteiger partial charge in [0.1, 0.15) is 12.4 Å². The number of aromatic nitrogens is 2. The van der Waals surface area contributed by atoms with E-state index in [1.165, 1.54) is 35.0 Å². The van der Waals surface area contributed by atoms with Crippen LogP contribution < -0.4 is 15.5 Å². The Morgan fingerprint density at radius 1 is 1.02 bits per heavy atom. The predicted molar refractivity (Wildman–Crippen MR) is 257 cm³/mol. The van der Waals surface area contributed by atoms with Crippen LogP contribution in [0.1, 0.15) is 84.5 Å². The zero-order chi connectivity index (χ0) is 46.1. The van der Waals surface area contributed by atoms with Crippen LogP contribution in [0.3, 0.4) is 0 Å². The van der Waals surface area contributed by atoms with Gasteiger partial charge in [0.25, 0.3) is 0 Å². The number of piperazine rings is 1. The Morgan fingerprint density at radius 3 is 2.55 bits per heavy atom. The fourth-order valence-corrected chi connectivity index (χ4v) is 10.6. The van der Waals surface area contributed by atoms with Crippen molar-refractivity contribution in [1.29, 1.82) is 0 Å². The standard InChI is InChI=1S/C54H60N8O4/c1-7-39-11-15-45(64)16-18-46(39)35(4)53(65)48-29-43(14-17-47(48)37(6)63)62-31-44(32-62)60-24-22-59(23-25-60)42(8-2)28-38-9-12-41(13-10-38)57-54-56-30-40-19-21-61(33-49(40)58-54)52-34(3)27-50-51(36(52)5)55-20-26-66-50/h9-10,12-14,17,29-30,34-35,44,46,55H,1-2,16,18-28,31-33H2,3-6H3,(H,56,57,58). The van der Waals surface area contributed by atoms with Crippen LogP contribution in [0.15, 0.2) is 107 Å². The fourth-order valence-electron chi connectivity index (χ4n) is 10.6. The molecule has 2 fully saturated rings. The maximum absolute atomic E-state index is 14.0. The van der Waals surface area contributed by atoms with Crippen LogP contribution in [-0.4, -0.2) is 107 Å². The zero-order valence-corrected chi connectivity index (χ0v) is 38.8. The van der Waals surface area contributed by atoms with Crippen molar-refractivity contribution in [3.63, 3.8) is 0 Å². The molecule has 2 N–H and O–H groups in total. The van der Waals surface area contributed by atoms with Gasteiger partial charge in [0.15, 0.2) is 11.6 Å². The highest BCUT2D eigenvalue weighted by molar-refractivity contribution is 6.09. The van der Waals surface area contributed by atoms with Gasteiger partial charge in [-0.2, -0.15) is 0 Å². The van der Waals surface area contributed by atoms with E-state index >= 15 is 0 Å². The maximum Gasteiger partial charge on any atom is 0.227 e. The van der Waals surface area contributed by atoms with E-state index in [-0.39, 0.29) is 29.7 Å². The van der Waals surface area contributed by atoms with Gasteiger partial charge in [-0.25, -0.2) is 9.97 Å². The molecule has 6 aliphatic rings. The van der Waals surface area contributed by atoms with Crippen molar-refractivity contribution in [1.82, 2.24) is 30.0 Å². The third-order valence-corrected chi connectivity index (χ3v) is 14.4. The molecule has 3 atom stereocenters. The molecule has 0 bridgehead atoms. The van der Waals surface area contributed by atoms with Crippen molar-refractivity contribution in [3.05, 3.63) is 135 Å². The van der Waals surface area contributed by atoms with Crippen molar-refractivity contribution >= 4 is 34.7 Å². The molecule has 2 aromatic carbocycles. The second kappa shape index (κ2) is 19.1. The summed E-state index contributed by atoms with van der Waals surface area (Å²) < 4.78 is 6.01. The monoisotopic (exact) mass is 884 g/mol. The van der Waals surface area contributed by atoms with E-state index < -0.39 is 5.92 Å². The molecule has 12 heteroatoms. The van der Waals surface area contributed by atoms with Gasteiger partial charge in [0.05, 0.1) is 23.6 Å². The molecule has 9 rings (SSSR count). The van der Waals surface area contributed by atoms with Crippen molar-refractivity contribution < 1.29 is 19.1 Å². The van der Waals surface area contributed by atoms with Gasteiger partial charge < -0.3 is 30.1 Å². The molecule has 4 aliphatic heterocycles. The van der Waals surface area contributed by atoms with Crippen molar-refractivity contribution in [2.75, 3.05) is 69.2 Å². The fraction of sp³-hybridized carbons (Fsp3) is 0.426. The molecule has 2 saturated heterocycles. The molecule has 5 heterocycles. The Labute approximate surface area is 388 Å². The predicted octanol–water partition coefficient (Wildman–Crippen LogP) is 7.16. The minimum Gasteiger partial charge on any atom is -0.494 e. The largest absolute Gasteiger partial charge is 0.494 e. The summed E-state index contributed by atoms with van der Waals surface area (Å²) in [4.78, 5) is 58.3. The molecule has 0 radical (unpaired) electrons. The molecule has 0 spiro atoms. The van der Waals surface area contributed by atoms with Crippen LogP contribution in [0, 0.1) is 29.6 Å². The first-order valence-corrected chi connectivity index (χ1v) is 23.5. The van der Waals surface area contributed by atoms with Crippen LogP contribution in [0.4, 0.5) is 17.3 Å². The average Bonchev–Trinajstić information content (AvgIpc) is 3.51. The maximum atomic E-state index is 14.0. The van der Waals surface area contributed by atoms with Crippen LogP contribution >= 0.6 is 0 Å². The number of hydrogen-bond donors (Lipinski definition) is 2. The number of Topliss-reactive ketones (excluding diaryl/α,β-unsaturated/α-hetero) is 3. The van der Waals surface area contributed by atoms with Crippen molar-refractivity contribution in [2.24, 2.45) is 17.8 Å². The number of nitrogens with zero attached hydrogens (tertiary/aromatic N) is 6. The molecule has 3 unspecified atom stereocenters. The zero-order valence-electron chi connectivity index (χ0n) is 38.8. The first kappa shape index (κ1) is 44.6. The number of allylic oxidation sites excluding steroid dienone is 5. The summed E-state index contributed by atoms with van der Waals surface area (Å²) in [6, 6.07) is 14.5. The third-order valence-electron chi connectivity index (χ3n) is 14.4. The second-order valence-electron chi connectivity index (χ2n) is 18.6. The number of nitrogens with one attached hydrogen (secondary N) is 2. The van der Waals surface area contributed by atoms with Gasteiger partial charge in [0.2, 0.25) is 11.7 Å². The third kappa shape index (κ3) is 9.12. The number of benzene rings is 2. The van der Waals surface area contributed by atoms with Crippen LogP contribution in [-0.2, 0) is 28.9 Å². The highest BCUT2D eigenvalue weighted by Crippen LogP contribution is 2.39. The lowest BCUT2D eigenvalue weighted by Crippen LogP contribution is -2.63. The molecule has 3 aromatic rings. The average molecular weight is 885 g/mol. The van der Waals surface area contributed by atoms with Crippen molar-refractivity contribution in [2.45, 2.75) is 72.4 Å². The van der Waals surface area contributed by atoms with Gasteiger partial charge in [-0.1, -0.05) is 45.1 Å². The summed E-state index contributed by atoms with van der Waals surface area (Å²) in [7, 11) is 0. The van der Waals surface area contributed by atoms with E-state index in [2.05, 4.69) is 110 Å². The Balaban J connectivity index is 0.767. The Hall–Kier alpha value is -6.63. The normalized spacial score (nSPS) is 21.4. The highest BCUT2D eigenvalue weighted by atomic mass is 16.5. The topological polar surface area (TPSA) is 123 Å². The minimum atomic E-state index is -0.487. The number of hydrogen-bond acceptors (Lipinski definition) is 12. The smallest absolute Gasteiger partial charge is 0.227 e. The first-order valence-electron chi connectivity index (χ1n) is 23.5. The van der Waals surface area contributed by atoms with Crippen molar-refractivity contribution in [3.8, 4) is 11.8 Å². The Bertz CT molecular complexity index is 2680. The van der Waals surface area contributed by atoms with E-state index in [9.17, 15) is 14.4 Å². The summed E-state index contributed by atoms with van der Waals surface area (Å²) >= 11 is 0. The Morgan fingerprint density at radius 2 is 1.80 bits per heavy atom. The van der Waals surface area contributed by atoms with Gasteiger partial charge in [-0.3, -0.25) is 19.3 Å². The SMILES string of the molecule is C=C=C1C#CC(=O)CCC1C(C)C(=O)c1cc(N2CC(N3CCN(C(=C=C)Cc4ccc(Nc5ncc6c(n5)CN(C5=C(C)C7=C(CC5C)OCCN7)CC6)cc4)CC3)C2)ccc1C(C)=O. The number of ketones is 3. The summed E-state index contributed by atoms with van der Waals surface area (Å²) in [5.41, 5.74) is 17.8. The van der Waals surface area contributed by atoms with Gasteiger partial charge in [-0.05, 0) is 79.6 Å². The number of ether oxygens (including phenoxy) is 1. The number of anilines is 3. The van der Waals surface area contributed by atoms with E-state index in [1.54, 1.807) is 6.07 Å². The van der Waals surface area contributed by atoms with Crippen LogP contribution in [0.25, 0.3) is 0 Å². The molecule has 0 amide bonds. The van der Waals surface area contributed by atoms with Crippen LogP contribution in [0.2, 0.25) is 0 Å². The van der Waals surface area contributed by atoms with E-state index in [0.29, 0.717) is 41.0 Å². The molecule has 0 saturated carbocycles. The number of fused-ring (bicyclic) bond motifs is 1. The van der Waals surface area contributed by atoms with E-state index in [4.69, 9.17) is 9.72 Å². The summed E-state index contributed by atoms with van der Waals surface area (Å²) in [5, 5.41) is 7.03. The molecular formula is C54H60N8O4. The lowest BCUT2D eigenvalue weighted by Gasteiger charge is -2.49. The quantitative estimate of drug-likeness (QED) is 0.0832. The Kier molecular flexibility index (Phi) is 12.9. The molecular weight excluding hydrogens is 825 g/mol. The summed E-state index contributed by atoms with van der Waals surface area (Å²) in [6.07, 6.45) is 5.32. The molecule has 340 valence electrons. The second-order valence-corrected chi connectivity index (χ2v) is 18.6. The van der Waals surface area contributed by atoms with Gasteiger partial charge >= 0.3 is 0 Å². The molecule has 66 heavy (non-hydrogen) atoms. The van der Waals surface area contributed by atoms with Crippen LogP contribution in [0.5, 0.6) is 0 Å². The van der Waals surface area contributed by atoms with E-state index in [0.717, 1.165) is 113 Å². The summed E-state index contributed by atoms with van der Waals surface area (Å²) in [6.45, 7) is 24.3. The number of carbonyl (C=O) groups excluding carboxylic acids is 3. The molecule has 1 aromatic heterocycles. The van der Waals surface area contributed by atoms with E-state index in [1.807, 2.05) is 25.3 Å². The molecule has 2 aliphatic carbocycles. The summed E-state index contributed by atoms with van der Waals surface area (Å²) in [5.74, 6) is 6.40.